The smallest absolute Gasteiger partial charge is 0.242 e. The molecular weight excluding hydrogens is 288 g/mol. The summed E-state index contributed by atoms with van der Waals surface area (Å²) in [6.45, 7) is 3.38. The molecule has 0 saturated carbocycles. The number of benzene rings is 1. The monoisotopic (exact) mass is 312 g/mol. The number of amides is 1. The fourth-order valence-corrected chi connectivity index (χ4v) is 3.10. The number of hydrogen-bond acceptors (Lipinski definition) is 3. The van der Waals surface area contributed by atoms with Crippen molar-refractivity contribution in [2.75, 3.05) is 19.6 Å². The maximum atomic E-state index is 12.3. The minimum atomic E-state index is -0.000405. The van der Waals surface area contributed by atoms with E-state index in [1.165, 1.54) is 19.3 Å². The summed E-state index contributed by atoms with van der Waals surface area (Å²) in [5.74, 6) is -0.000405. The Bertz CT molecular complexity index is 591. The highest BCUT2D eigenvalue weighted by molar-refractivity contribution is 5.76. The number of likely N-dealkylation sites (tertiary alicyclic amines) is 1. The van der Waals surface area contributed by atoms with Gasteiger partial charge in [-0.2, -0.15) is 5.10 Å². The van der Waals surface area contributed by atoms with Crippen molar-refractivity contribution in [2.24, 2.45) is 0 Å². The number of rotatable bonds is 6. The SMILES string of the molecule is O=C(Cn1cccn1)N[C@@H](CN1CCCCC1)c1ccccc1. The first-order valence-corrected chi connectivity index (χ1v) is 8.35. The number of nitrogens with zero attached hydrogens (tertiary/aromatic N) is 3. The lowest BCUT2D eigenvalue weighted by Crippen LogP contribution is -2.41. The van der Waals surface area contributed by atoms with Crippen LogP contribution in [0.4, 0.5) is 0 Å². The zero-order valence-electron chi connectivity index (χ0n) is 13.4. The second-order valence-corrected chi connectivity index (χ2v) is 6.10. The van der Waals surface area contributed by atoms with Crippen LogP contribution in [0.25, 0.3) is 0 Å². The van der Waals surface area contributed by atoms with Crippen molar-refractivity contribution < 1.29 is 4.79 Å². The Balaban J connectivity index is 1.65. The van der Waals surface area contributed by atoms with Crippen molar-refractivity contribution in [1.82, 2.24) is 20.0 Å². The molecule has 0 spiro atoms. The molecule has 23 heavy (non-hydrogen) atoms. The van der Waals surface area contributed by atoms with E-state index in [-0.39, 0.29) is 18.5 Å². The normalized spacial score (nSPS) is 16.9. The molecule has 1 atom stereocenters. The van der Waals surface area contributed by atoms with Gasteiger partial charge in [0.25, 0.3) is 0 Å². The molecule has 1 fully saturated rings. The molecular formula is C18H24N4O. The molecule has 0 bridgehead atoms. The van der Waals surface area contributed by atoms with E-state index >= 15 is 0 Å². The summed E-state index contributed by atoms with van der Waals surface area (Å²) >= 11 is 0. The predicted octanol–water partition coefficient (Wildman–Crippen LogP) is 2.23. The lowest BCUT2D eigenvalue weighted by molar-refractivity contribution is -0.122. The summed E-state index contributed by atoms with van der Waals surface area (Å²) in [6.07, 6.45) is 7.32. The summed E-state index contributed by atoms with van der Waals surface area (Å²) in [4.78, 5) is 14.8. The van der Waals surface area contributed by atoms with Gasteiger partial charge in [-0.05, 0) is 37.6 Å². The van der Waals surface area contributed by atoms with Gasteiger partial charge in [0.05, 0.1) is 6.04 Å². The van der Waals surface area contributed by atoms with Crippen LogP contribution in [0, 0.1) is 0 Å². The van der Waals surface area contributed by atoms with Crippen LogP contribution in [-0.4, -0.2) is 40.2 Å². The topological polar surface area (TPSA) is 50.2 Å². The Labute approximate surface area is 137 Å². The van der Waals surface area contributed by atoms with Crippen LogP contribution in [0.1, 0.15) is 30.9 Å². The molecule has 2 heterocycles. The third-order valence-electron chi connectivity index (χ3n) is 4.29. The molecule has 1 aromatic carbocycles. The standard InChI is InChI=1S/C18H24N4O/c23-18(15-22-13-7-10-19-22)20-17(16-8-3-1-4-9-16)14-21-11-5-2-6-12-21/h1,3-4,7-10,13,17H,2,5-6,11-12,14-15H2,(H,20,23)/t17-/m0/s1. The molecule has 1 aliphatic rings. The lowest BCUT2D eigenvalue weighted by atomic mass is 10.0. The zero-order valence-corrected chi connectivity index (χ0v) is 13.4. The van der Waals surface area contributed by atoms with E-state index in [9.17, 15) is 4.79 Å². The van der Waals surface area contributed by atoms with Crippen molar-refractivity contribution in [3.8, 4) is 0 Å². The summed E-state index contributed by atoms with van der Waals surface area (Å²) in [6, 6.07) is 12.1. The van der Waals surface area contributed by atoms with Crippen molar-refractivity contribution >= 4 is 5.91 Å². The molecule has 1 amide bonds. The van der Waals surface area contributed by atoms with Gasteiger partial charge in [0.2, 0.25) is 5.91 Å². The summed E-state index contributed by atoms with van der Waals surface area (Å²) < 4.78 is 1.65. The Kier molecular flexibility index (Phi) is 5.42. The summed E-state index contributed by atoms with van der Waals surface area (Å²) in [5.41, 5.74) is 1.16. The molecule has 5 nitrogen and oxygen atoms in total. The molecule has 2 aromatic rings. The van der Waals surface area contributed by atoms with E-state index in [2.05, 4.69) is 27.4 Å². The molecule has 1 N–H and O–H groups in total. The van der Waals surface area contributed by atoms with Crippen molar-refractivity contribution in [2.45, 2.75) is 31.8 Å². The molecule has 0 radical (unpaired) electrons. The number of hydrogen-bond donors (Lipinski definition) is 1. The van der Waals surface area contributed by atoms with E-state index in [1.807, 2.05) is 30.5 Å². The van der Waals surface area contributed by atoms with Crippen molar-refractivity contribution in [3.05, 3.63) is 54.4 Å². The van der Waals surface area contributed by atoms with Crippen LogP contribution in [0.15, 0.2) is 48.8 Å². The van der Waals surface area contributed by atoms with Crippen LogP contribution in [-0.2, 0) is 11.3 Å². The molecule has 1 aromatic heterocycles. The quantitative estimate of drug-likeness (QED) is 0.890. The predicted molar refractivity (Wildman–Crippen MR) is 89.8 cm³/mol. The fraction of sp³-hybridized carbons (Fsp3) is 0.444. The number of nitrogens with one attached hydrogen (secondary N) is 1. The first kappa shape index (κ1) is 15.7. The fourth-order valence-electron chi connectivity index (χ4n) is 3.10. The average Bonchev–Trinajstić information content (AvgIpc) is 3.09. The third kappa shape index (κ3) is 4.66. The van der Waals surface area contributed by atoms with Gasteiger partial charge in [0, 0.05) is 18.9 Å². The first-order chi connectivity index (χ1) is 11.3. The van der Waals surface area contributed by atoms with Crippen molar-refractivity contribution in [3.63, 3.8) is 0 Å². The number of aromatic nitrogens is 2. The van der Waals surface area contributed by atoms with Crippen molar-refractivity contribution in [1.29, 1.82) is 0 Å². The average molecular weight is 312 g/mol. The molecule has 122 valence electrons. The number of piperidine rings is 1. The van der Waals surface area contributed by atoms with Gasteiger partial charge in [0.1, 0.15) is 6.54 Å². The van der Waals surface area contributed by atoms with E-state index in [0.717, 1.165) is 25.2 Å². The second kappa shape index (κ2) is 7.92. The Morgan fingerprint density at radius 3 is 2.61 bits per heavy atom. The molecule has 3 rings (SSSR count). The Hall–Kier alpha value is -2.14. The highest BCUT2D eigenvalue weighted by Crippen LogP contribution is 2.17. The molecule has 1 aliphatic heterocycles. The van der Waals surface area contributed by atoms with Crippen LogP contribution in [0.2, 0.25) is 0 Å². The zero-order chi connectivity index (χ0) is 15.9. The Morgan fingerprint density at radius 2 is 1.91 bits per heavy atom. The van der Waals surface area contributed by atoms with Crippen LogP contribution >= 0.6 is 0 Å². The largest absolute Gasteiger partial charge is 0.346 e. The molecule has 0 aliphatic carbocycles. The molecule has 1 saturated heterocycles. The third-order valence-corrected chi connectivity index (χ3v) is 4.29. The number of carbonyl (C=O) groups is 1. The maximum Gasteiger partial charge on any atom is 0.242 e. The van der Waals surface area contributed by atoms with Gasteiger partial charge in [-0.1, -0.05) is 36.8 Å². The Morgan fingerprint density at radius 1 is 1.13 bits per heavy atom. The van der Waals surface area contributed by atoms with E-state index < -0.39 is 0 Å². The first-order valence-electron chi connectivity index (χ1n) is 8.35. The van der Waals surface area contributed by atoms with Gasteiger partial charge in [0.15, 0.2) is 0 Å². The minimum Gasteiger partial charge on any atom is -0.346 e. The molecule has 5 heteroatoms. The van der Waals surface area contributed by atoms with Gasteiger partial charge in [-0.15, -0.1) is 0 Å². The lowest BCUT2D eigenvalue weighted by Gasteiger charge is -2.31. The van der Waals surface area contributed by atoms with Gasteiger partial charge < -0.3 is 10.2 Å². The van der Waals surface area contributed by atoms with Crippen LogP contribution in [0.5, 0.6) is 0 Å². The second-order valence-electron chi connectivity index (χ2n) is 6.10. The van der Waals surface area contributed by atoms with Gasteiger partial charge in [-0.3, -0.25) is 9.48 Å². The maximum absolute atomic E-state index is 12.3. The minimum absolute atomic E-state index is 0.000405. The highest BCUT2D eigenvalue weighted by Gasteiger charge is 2.19. The number of carbonyl (C=O) groups excluding carboxylic acids is 1. The van der Waals surface area contributed by atoms with E-state index in [0.29, 0.717) is 0 Å². The van der Waals surface area contributed by atoms with Crippen LogP contribution < -0.4 is 5.32 Å². The highest BCUT2D eigenvalue weighted by atomic mass is 16.2. The van der Waals surface area contributed by atoms with Gasteiger partial charge in [-0.25, -0.2) is 0 Å². The molecule has 0 unspecified atom stereocenters. The van der Waals surface area contributed by atoms with Crippen LogP contribution in [0.3, 0.4) is 0 Å². The summed E-state index contributed by atoms with van der Waals surface area (Å²) in [7, 11) is 0. The van der Waals surface area contributed by atoms with E-state index in [4.69, 9.17) is 0 Å². The summed E-state index contributed by atoms with van der Waals surface area (Å²) in [5, 5.41) is 7.27. The van der Waals surface area contributed by atoms with Gasteiger partial charge >= 0.3 is 0 Å². The van der Waals surface area contributed by atoms with E-state index in [1.54, 1.807) is 10.9 Å².